The first-order chi connectivity index (χ1) is 12.9. The second-order valence-corrected chi connectivity index (χ2v) is 6.47. The van der Waals surface area contributed by atoms with E-state index in [1.807, 2.05) is 0 Å². The molecular formula is C18H19N3O6. The fourth-order valence-corrected chi connectivity index (χ4v) is 2.78. The predicted molar refractivity (Wildman–Crippen MR) is 95.3 cm³/mol. The predicted octanol–water partition coefficient (Wildman–Crippen LogP) is 2.25. The number of benzene rings is 1. The molecule has 1 N–H and O–H groups in total. The average molecular weight is 373 g/mol. The van der Waals surface area contributed by atoms with E-state index in [-0.39, 0.29) is 42.3 Å². The molecule has 1 atom stereocenters. The SMILES string of the molecule is CC(C)C1Oc2cc([N+](=O)[O-])ccc2N(CC(=O)NCc2ccco2)C1=O. The van der Waals surface area contributed by atoms with Gasteiger partial charge in [0.1, 0.15) is 12.3 Å². The van der Waals surface area contributed by atoms with Gasteiger partial charge in [0.15, 0.2) is 11.9 Å². The number of ether oxygens (including phenoxy) is 1. The first kappa shape index (κ1) is 18.4. The highest BCUT2D eigenvalue weighted by atomic mass is 16.6. The number of hydrogen-bond acceptors (Lipinski definition) is 6. The summed E-state index contributed by atoms with van der Waals surface area (Å²) in [6.45, 7) is 3.59. The van der Waals surface area contributed by atoms with E-state index in [2.05, 4.69) is 5.32 Å². The molecule has 9 nitrogen and oxygen atoms in total. The Morgan fingerprint density at radius 3 is 2.78 bits per heavy atom. The van der Waals surface area contributed by atoms with Gasteiger partial charge in [0, 0.05) is 6.07 Å². The molecule has 0 spiro atoms. The molecule has 2 heterocycles. The van der Waals surface area contributed by atoms with Crippen LogP contribution >= 0.6 is 0 Å². The molecule has 3 rings (SSSR count). The van der Waals surface area contributed by atoms with Crippen molar-refractivity contribution < 1.29 is 23.7 Å². The summed E-state index contributed by atoms with van der Waals surface area (Å²) in [6.07, 6.45) is 0.681. The third kappa shape index (κ3) is 3.91. The smallest absolute Gasteiger partial charge is 0.273 e. The van der Waals surface area contributed by atoms with Gasteiger partial charge >= 0.3 is 0 Å². The highest BCUT2D eigenvalue weighted by Gasteiger charge is 2.38. The molecule has 0 saturated heterocycles. The summed E-state index contributed by atoms with van der Waals surface area (Å²) in [7, 11) is 0. The molecule has 1 aliphatic rings. The Hall–Kier alpha value is -3.36. The molecule has 1 aliphatic heterocycles. The molecule has 1 aromatic carbocycles. The maximum Gasteiger partial charge on any atom is 0.273 e. The molecule has 0 fully saturated rings. The Bertz CT molecular complexity index is 862. The fourth-order valence-electron chi connectivity index (χ4n) is 2.78. The Morgan fingerprint density at radius 1 is 1.37 bits per heavy atom. The molecule has 142 valence electrons. The Labute approximate surface area is 155 Å². The van der Waals surface area contributed by atoms with E-state index in [1.165, 1.54) is 29.4 Å². The second-order valence-electron chi connectivity index (χ2n) is 6.47. The third-order valence-corrected chi connectivity index (χ3v) is 4.16. The number of nitrogens with zero attached hydrogens (tertiary/aromatic N) is 2. The van der Waals surface area contributed by atoms with Crippen LogP contribution in [0, 0.1) is 16.0 Å². The topological polar surface area (TPSA) is 115 Å². The van der Waals surface area contributed by atoms with Crippen molar-refractivity contribution in [2.75, 3.05) is 11.4 Å². The number of nitrogens with one attached hydrogen (secondary N) is 1. The van der Waals surface area contributed by atoms with Crippen LogP contribution < -0.4 is 15.0 Å². The van der Waals surface area contributed by atoms with Crippen molar-refractivity contribution >= 4 is 23.2 Å². The summed E-state index contributed by atoms with van der Waals surface area (Å²) in [5.74, 6) is -0.111. The highest BCUT2D eigenvalue weighted by molar-refractivity contribution is 6.04. The first-order valence-corrected chi connectivity index (χ1v) is 8.42. The van der Waals surface area contributed by atoms with Gasteiger partial charge < -0.3 is 14.5 Å². The van der Waals surface area contributed by atoms with Crippen LogP contribution in [0.1, 0.15) is 19.6 Å². The summed E-state index contributed by atoms with van der Waals surface area (Å²) in [5.41, 5.74) is 0.184. The fraction of sp³-hybridized carbons (Fsp3) is 0.333. The third-order valence-electron chi connectivity index (χ3n) is 4.16. The van der Waals surface area contributed by atoms with Crippen LogP contribution in [0.25, 0.3) is 0 Å². The lowest BCUT2D eigenvalue weighted by atomic mass is 10.0. The van der Waals surface area contributed by atoms with Gasteiger partial charge in [-0.1, -0.05) is 13.8 Å². The Morgan fingerprint density at radius 2 is 2.15 bits per heavy atom. The summed E-state index contributed by atoms with van der Waals surface area (Å²) in [4.78, 5) is 36.9. The molecule has 1 unspecified atom stereocenters. The maximum atomic E-state index is 12.8. The minimum Gasteiger partial charge on any atom is -0.478 e. The molecule has 27 heavy (non-hydrogen) atoms. The van der Waals surface area contributed by atoms with Gasteiger partial charge in [-0.2, -0.15) is 0 Å². The standard InChI is InChI=1S/C18H19N3O6/c1-11(2)17-18(23)20(10-16(22)19-9-13-4-3-7-26-13)14-6-5-12(21(24)25)8-15(14)27-17/h3-8,11,17H,9-10H2,1-2H3,(H,19,22). The van der Waals surface area contributed by atoms with Crippen LogP contribution in [0.3, 0.4) is 0 Å². The normalized spacial score (nSPS) is 16.0. The van der Waals surface area contributed by atoms with E-state index in [1.54, 1.807) is 26.0 Å². The lowest BCUT2D eigenvalue weighted by Gasteiger charge is -2.35. The minimum absolute atomic E-state index is 0.146. The van der Waals surface area contributed by atoms with Crippen molar-refractivity contribution in [1.29, 1.82) is 0 Å². The zero-order valence-corrected chi connectivity index (χ0v) is 14.9. The molecule has 0 saturated carbocycles. The number of hydrogen-bond donors (Lipinski definition) is 1. The number of nitro benzene ring substituents is 1. The number of fused-ring (bicyclic) bond motifs is 1. The number of non-ortho nitro benzene ring substituents is 1. The van der Waals surface area contributed by atoms with Crippen molar-refractivity contribution in [3.05, 3.63) is 52.5 Å². The van der Waals surface area contributed by atoms with Crippen molar-refractivity contribution in [1.82, 2.24) is 5.32 Å². The molecule has 1 aromatic heterocycles. The largest absolute Gasteiger partial charge is 0.478 e. The second kappa shape index (κ2) is 7.48. The molecule has 9 heteroatoms. The monoisotopic (exact) mass is 373 g/mol. The van der Waals surface area contributed by atoms with Crippen LogP contribution in [0.4, 0.5) is 11.4 Å². The van der Waals surface area contributed by atoms with Gasteiger partial charge in [-0.05, 0) is 24.1 Å². The number of carbonyl (C=O) groups excluding carboxylic acids is 2. The quantitative estimate of drug-likeness (QED) is 0.613. The molecular weight excluding hydrogens is 354 g/mol. The van der Waals surface area contributed by atoms with Crippen LogP contribution in [0.15, 0.2) is 41.0 Å². The van der Waals surface area contributed by atoms with Gasteiger partial charge in [-0.25, -0.2) is 0 Å². The van der Waals surface area contributed by atoms with Gasteiger partial charge in [0.05, 0.1) is 29.5 Å². The van der Waals surface area contributed by atoms with E-state index in [4.69, 9.17) is 9.15 Å². The van der Waals surface area contributed by atoms with Gasteiger partial charge in [0.25, 0.3) is 11.6 Å². The summed E-state index contributed by atoms with van der Waals surface area (Å²) in [6, 6.07) is 7.40. The number of anilines is 1. The van der Waals surface area contributed by atoms with E-state index < -0.39 is 11.0 Å². The molecule has 0 aliphatic carbocycles. The van der Waals surface area contributed by atoms with Crippen LogP contribution in [-0.2, 0) is 16.1 Å². The summed E-state index contributed by atoms with van der Waals surface area (Å²) < 4.78 is 10.8. The van der Waals surface area contributed by atoms with Crippen molar-refractivity contribution in [3.8, 4) is 5.75 Å². The molecule has 0 bridgehead atoms. The molecule has 0 radical (unpaired) electrons. The number of amides is 2. The van der Waals surface area contributed by atoms with E-state index in [0.717, 1.165) is 0 Å². The van der Waals surface area contributed by atoms with Gasteiger partial charge in [0.2, 0.25) is 5.91 Å². The number of furan rings is 1. The number of nitro groups is 1. The summed E-state index contributed by atoms with van der Waals surface area (Å²) in [5, 5.41) is 13.7. The Balaban J connectivity index is 1.82. The molecule has 2 amide bonds. The number of carbonyl (C=O) groups is 2. The van der Waals surface area contributed by atoms with Crippen molar-refractivity contribution in [2.24, 2.45) is 5.92 Å². The maximum absolute atomic E-state index is 12.8. The van der Waals surface area contributed by atoms with E-state index >= 15 is 0 Å². The van der Waals surface area contributed by atoms with Gasteiger partial charge in [-0.3, -0.25) is 24.6 Å². The van der Waals surface area contributed by atoms with Crippen LogP contribution in [0.2, 0.25) is 0 Å². The zero-order chi connectivity index (χ0) is 19.6. The Kier molecular flexibility index (Phi) is 5.11. The first-order valence-electron chi connectivity index (χ1n) is 8.42. The summed E-state index contributed by atoms with van der Waals surface area (Å²) >= 11 is 0. The van der Waals surface area contributed by atoms with Crippen LogP contribution in [-0.4, -0.2) is 29.4 Å². The number of rotatable bonds is 6. The van der Waals surface area contributed by atoms with Gasteiger partial charge in [-0.15, -0.1) is 0 Å². The lowest BCUT2D eigenvalue weighted by Crippen LogP contribution is -2.51. The van der Waals surface area contributed by atoms with E-state index in [0.29, 0.717) is 11.4 Å². The lowest BCUT2D eigenvalue weighted by molar-refractivity contribution is -0.384. The van der Waals surface area contributed by atoms with Crippen molar-refractivity contribution in [2.45, 2.75) is 26.5 Å². The van der Waals surface area contributed by atoms with Crippen LogP contribution in [0.5, 0.6) is 5.75 Å². The van der Waals surface area contributed by atoms with E-state index in [9.17, 15) is 19.7 Å². The zero-order valence-electron chi connectivity index (χ0n) is 14.9. The molecule has 2 aromatic rings. The van der Waals surface area contributed by atoms with Crippen molar-refractivity contribution in [3.63, 3.8) is 0 Å². The minimum atomic E-state index is -0.822. The highest BCUT2D eigenvalue weighted by Crippen LogP contribution is 2.38. The average Bonchev–Trinajstić information content (AvgIpc) is 3.15.